The molecule has 0 saturated carbocycles. The Labute approximate surface area is 114 Å². The van der Waals surface area contributed by atoms with Gasteiger partial charge in [-0.1, -0.05) is 18.2 Å². The van der Waals surface area contributed by atoms with E-state index in [0.29, 0.717) is 5.56 Å². The molecule has 1 saturated heterocycles. The lowest BCUT2D eigenvalue weighted by Gasteiger charge is -2.21. The third kappa shape index (κ3) is 2.71. The van der Waals surface area contributed by atoms with Crippen molar-refractivity contribution in [2.24, 2.45) is 0 Å². The molecule has 0 bridgehead atoms. The lowest BCUT2D eigenvalue weighted by Crippen LogP contribution is -2.45. The molecule has 1 aromatic carbocycles. The summed E-state index contributed by atoms with van der Waals surface area (Å²) in [6, 6.07) is 6.77. The van der Waals surface area contributed by atoms with Crippen molar-refractivity contribution >= 4 is 18.0 Å². The van der Waals surface area contributed by atoms with Crippen LogP contribution in [0.4, 0.5) is 4.79 Å². The molecule has 1 aliphatic heterocycles. The number of hydrogen-bond donors (Lipinski definition) is 2. The molecule has 0 aromatic heterocycles. The Kier molecular flexibility index (Phi) is 3.88. The number of carbonyl (C=O) groups excluding carboxylic acids is 1. The van der Waals surface area contributed by atoms with E-state index in [9.17, 15) is 14.4 Å². The molecule has 0 aliphatic carbocycles. The Balaban J connectivity index is 2.11. The van der Waals surface area contributed by atoms with Gasteiger partial charge in [0.05, 0.1) is 5.56 Å². The van der Waals surface area contributed by atoms with E-state index in [4.69, 9.17) is 14.9 Å². The third-order valence-electron chi connectivity index (χ3n) is 3.11. The van der Waals surface area contributed by atoms with E-state index in [-0.39, 0.29) is 13.0 Å². The van der Waals surface area contributed by atoms with Crippen LogP contribution in [-0.2, 0) is 9.53 Å². The minimum atomic E-state index is -1.36. The van der Waals surface area contributed by atoms with Gasteiger partial charge in [-0.2, -0.15) is 0 Å². The average Bonchev–Trinajstić information content (AvgIpc) is 2.83. The Morgan fingerprint density at radius 2 is 1.80 bits per heavy atom. The predicted octanol–water partition coefficient (Wildman–Crippen LogP) is 1.05. The lowest BCUT2D eigenvalue weighted by atomic mass is 10.1. The average molecular weight is 279 g/mol. The van der Waals surface area contributed by atoms with E-state index in [1.165, 1.54) is 0 Å². The highest BCUT2D eigenvalue weighted by Crippen LogP contribution is 2.22. The molecule has 20 heavy (non-hydrogen) atoms. The molecule has 0 spiro atoms. The second kappa shape index (κ2) is 5.60. The number of esters is 1. The molecule has 2 N–H and O–H groups in total. The van der Waals surface area contributed by atoms with Crippen LogP contribution in [0.2, 0.25) is 0 Å². The maximum atomic E-state index is 11.9. The molecular weight excluding hydrogens is 266 g/mol. The van der Waals surface area contributed by atoms with E-state index in [2.05, 4.69) is 0 Å². The van der Waals surface area contributed by atoms with Crippen molar-refractivity contribution in [3.8, 4) is 0 Å². The molecule has 0 radical (unpaired) electrons. The Morgan fingerprint density at radius 3 is 2.35 bits per heavy atom. The quantitative estimate of drug-likeness (QED) is 0.801. The third-order valence-corrected chi connectivity index (χ3v) is 3.11. The number of hydrogen-bond acceptors (Lipinski definition) is 4. The summed E-state index contributed by atoms with van der Waals surface area (Å²) in [6.07, 6.45) is -2.14. The number of rotatable bonds is 3. The molecule has 7 nitrogen and oxygen atoms in total. The number of amides is 1. The first-order valence-electron chi connectivity index (χ1n) is 5.99. The van der Waals surface area contributed by atoms with Gasteiger partial charge in [0.15, 0.2) is 6.04 Å². The van der Waals surface area contributed by atoms with Crippen LogP contribution in [0.3, 0.4) is 0 Å². The van der Waals surface area contributed by atoms with Crippen LogP contribution >= 0.6 is 0 Å². The van der Waals surface area contributed by atoms with Crippen LogP contribution in [0.1, 0.15) is 16.8 Å². The SMILES string of the molecule is O=C(O[C@@H]1CCN(C(=O)O)[C@@H]1C(=O)O)c1ccccc1. The van der Waals surface area contributed by atoms with Crippen LogP contribution in [-0.4, -0.2) is 51.8 Å². The summed E-state index contributed by atoms with van der Waals surface area (Å²) in [6.45, 7) is 0.0268. The predicted molar refractivity (Wildman–Crippen MR) is 66.4 cm³/mol. The highest BCUT2D eigenvalue weighted by molar-refractivity contribution is 5.90. The van der Waals surface area contributed by atoms with Gasteiger partial charge >= 0.3 is 18.0 Å². The largest absolute Gasteiger partial charge is 0.480 e. The summed E-state index contributed by atoms with van der Waals surface area (Å²) in [5.41, 5.74) is 0.297. The van der Waals surface area contributed by atoms with Crippen LogP contribution in [0, 0.1) is 0 Å². The van der Waals surface area contributed by atoms with Crippen molar-refractivity contribution in [2.45, 2.75) is 18.6 Å². The van der Waals surface area contributed by atoms with Gasteiger partial charge in [0.2, 0.25) is 0 Å². The molecule has 7 heteroatoms. The molecule has 0 unspecified atom stereocenters. The van der Waals surface area contributed by atoms with Gasteiger partial charge in [-0.25, -0.2) is 14.4 Å². The second-order valence-corrected chi connectivity index (χ2v) is 4.36. The summed E-state index contributed by atoms with van der Waals surface area (Å²) in [5, 5.41) is 18.0. The van der Waals surface area contributed by atoms with E-state index in [0.717, 1.165) is 4.90 Å². The summed E-state index contributed by atoms with van der Waals surface area (Å²) in [5.74, 6) is -1.98. The van der Waals surface area contributed by atoms with Gasteiger partial charge < -0.3 is 14.9 Å². The van der Waals surface area contributed by atoms with Crippen molar-refractivity contribution in [2.75, 3.05) is 6.54 Å². The number of ether oxygens (including phenoxy) is 1. The van der Waals surface area contributed by atoms with Crippen molar-refractivity contribution < 1.29 is 29.3 Å². The summed E-state index contributed by atoms with van der Waals surface area (Å²) < 4.78 is 5.13. The van der Waals surface area contributed by atoms with E-state index in [1.807, 2.05) is 0 Å². The normalized spacial score (nSPS) is 21.5. The summed E-state index contributed by atoms with van der Waals surface area (Å²) in [7, 11) is 0. The molecule has 1 amide bonds. The number of aliphatic carboxylic acids is 1. The zero-order valence-electron chi connectivity index (χ0n) is 10.4. The first kappa shape index (κ1) is 13.9. The Morgan fingerprint density at radius 1 is 1.15 bits per heavy atom. The highest BCUT2D eigenvalue weighted by Gasteiger charge is 2.44. The number of carboxylic acid groups (broad SMARTS) is 2. The van der Waals surface area contributed by atoms with Crippen molar-refractivity contribution in [3.63, 3.8) is 0 Å². The maximum Gasteiger partial charge on any atom is 0.408 e. The fourth-order valence-corrected chi connectivity index (χ4v) is 2.17. The molecule has 1 fully saturated rings. The first-order valence-corrected chi connectivity index (χ1v) is 5.99. The van der Waals surface area contributed by atoms with E-state index in [1.54, 1.807) is 30.3 Å². The number of carbonyl (C=O) groups is 3. The molecule has 2 atom stereocenters. The number of benzene rings is 1. The summed E-state index contributed by atoms with van der Waals surface area (Å²) in [4.78, 5) is 34.7. The topological polar surface area (TPSA) is 104 Å². The van der Waals surface area contributed by atoms with Gasteiger partial charge in [0.25, 0.3) is 0 Å². The molecule has 106 valence electrons. The minimum absolute atomic E-state index is 0.0268. The van der Waals surface area contributed by atoms with Gasteiger partial charge in [-0.05, 0) is 12.1 Å². The van der Waals surface area contributed by atoms with E-state index < -0.39 is 30.2 Å². The molecular formula is C13H13NO6. The zero-order valence-corrected chi connectivity index (χ0v) is 10.4. The minimum Gasteiger partial charge on any atom is -0.480 e. The first-order chi connectivity index (χ1) is 9.50. The second-order valence-electron chi connectivity index (χ2n) is 4.36. The van der Waals surface area contributed by atoms with Crippen molar-refractivity contribution in [1.29, 1.82) is 0 Å². The standard InChI is InChI=1S/C13H13NO6/c15-11(16)10-9(6-7-14(10)13(18)19)20-12(17)8-4-2-1-3-5-8/h1-5,9-10H,6-7H2,(H,15,16)(H,18,19)/t9-,10+/m1/s1. The zero-order chi connectivity index (χ0) is 14.7. The maximum absolute atomic E-state index is 11.9. The van der Waals surface area contributed by atoms with Crippen molar-refractivity contribution in [3.05, 3.63) is 35.9 Å². The number of carboxylic acids is 1. The smallest absolute Gasteiger partial charge is 0.408 e. The molecule has 1 heterocycles. The number of likely N-dealkylation sites (tertiary alicyclic amines) is 1. The van der Waals surface area contributed by atoms with Crippen molar-refractivity contribution in [1.82, 2.24) is 4.90 Å². The summed E-state index contributed by atoms with van der Waals surface area (Å²) >= 11 is 0. The van der Waals surface area contributed by atoms with Crippen LogP contribution < -0.4 is 0 Å². The number of nitrogens with zero attached hydrogens (tertiary/aromatic N) is 1. The Bertz CT molecular complexity index is 529. The highest BCUT2D eigenvalue weighted by atomic mass is 16.5. The van der Waals surface area contributed by atoms with Gasteiger partial charge in [0, 0.05) is 13.0 Å². The Hall–Kier alpha value is -2.57. The fraction of sp³-hybridized carbons (Fsp3) is 0.308. The van der Waals surface area contributed by atoms with E-state index >= 15 is 0 Å². The fourth-order valence-electron chi connectivity index (χ4n) is 2.17. The van der Waals surface area contributed by atoms with Crippen LogP contribution in [0.25, 0.3) is 0 Å². The molecule has 2 rings (SSSR count). The van der Waals surface area contributed by atoms with Crippen LogP contribution in [0.5, 0.6) is 0 Å². The monoisotopic (exact) mass is 279 g/mol. The van der Waals surface area contributed by atoms with Crippen LogP contribution in [0.15, 0.2) is 30.3 Å². The lowest BCUT2D eigenvalue weighted by molar-refractivity contribution is -0.144. The van der Waals surface area contributed by atoms with Gasteiger partial charge in [0.1, 0.15) is 6.10 Å². The molecule has 1 aromatic rings. The molecule has 1 aliphatic rings. The van der Waals surface area contributed by atoms with Gasteiger partial charge in [-0.3, -0.25) is 4.90 Å². The van der Waals surface area contributed by atoms with Gasteiger partial charge in [-0.15, -0.1) is 0 Å².